The van der Waals surface area contributed by atoms with E-state index in [1.807, 2.05) is 29.7 Å². The molecule has 1 N–H and O–H groups in total. The molecule has 0 aliphatic carbocycles. The maximum atomic E-state index is 13.2. The van der Waals surface area contributed by atoms with E-state index in [-0.39, 0.29) is 24.1 Å². The molecule has 6 heteroatoms. The normalized spacial score (nSPS) is 10.7. The van der Waals surface area contributed by atoms with Gasteiger partial charge in [0.15, 0.2) is 5.78 Å². The summed E-state index contributed by atoms with van der Waals surface area (Å²) in [4.78, 5) is 29.3. The van der Waals surface area contributed by atoms with Gasteiger partial charge in [-0.25, -0.2) is 4.39 Å². The van der Waals surface area contributed by atoms with Gasteiger partial charge in [-0.15, -0.1) is 0 Å². The van der Waals surface area contributed by atoms with Crippen molar-refractivity contribution < 1.29 is 14.0 Å². The molecule has 5 nitrogen and oxygen atoms in total. The number of carbonyl (C=O) groups is 2. The summed E-state index contributed by atoms with van der Waals surface area (Å²) in [5.74, 6) is -0.686. The average Bonchev–Trinajstić information content (AvgIpc) is 2.92. The standard InChI is InChI=1S/C22H22FN3O2/c1-14-20(16(3)27)15(2)26(13-17-7-9-18(23)10-8-17)21(14)22(28)25-12-19-6-4-5-11-24-19/h4-11H,12-13H2,1-3H3,(H,25,28). The molecule has 0 atom stereocenters. The van der Waals surface area contributed by atoms with E-state index in [9.17, 15) is 14.0 Å². The predicted octanol–water partition coefficient (Wildman–Crippen LogP) is 3.82. The van der Waals surface area contributed by atoms with Gasteiger partial charge in [0.05, 0.1) is 12.2 Å². The summed E-state index contributed by atoms with van der Waals surface area (Å²) in [6.45, 7) is 5.75. The van der Waals surface area contributed by atoms with Crippen LogP contribution in [0.15, 0.2) is 48.7 Å². The van der Waals surface area contributed by atoms with Gasteiger partial charge in [-0.05, 0) is 56.2 Å². The number of nitrogens with zero attached hydrogens (tertiary/aromatic N) is 2. The van der Waals surface area contributed by atoms with Crippen LogP contribution in [0.25, 0.3) is 0 Å². The lowest BCUT2D eigenvalue weighted by atomic mass is 10.1. The molecule has 144 valence electrons. The van der Waals surface area contributed by atoms with Gasteiger partial charge in [0.1, 0.15) is 11.5 Å². The van der Waals surface area contributed by atoms with E-state index in [2.05, 4.69) is 10.3 Å². The van der Waals surface area contributed by atoms with Crippen molar-refractivity contribution in [2.75, 3.05) is 0 Å². The summed E-state index contributed by atoms with van der Waals surface area (Å²) in [5.41, 5.74) is 3.93. The molecule has 0 saturated heterocycles. The molecule has 0 saturated carbocycles. The number of ketones is 1. The summed E-state index contributed by atoms with van der Waals surface area (Å²) in [6.07, 6.45) is 1.67. The van der Waals surface area contributed by atoms with Crippen LogP contribution in [0.5, 0.6) is 0 Å². The molecule has 0 unspecified atom stereocenters. The molecule has 1 amide bonds. The van der Waals surface area contributed by atoms with Gasteiger partial charge in [0.2, 0.25) is 0 Å². The van der Waals surface area contributed by atoms with Crippen molar-refractivity contribution in [2.24, 2.45) is 0 Å². The Balaban J connectivity index is 1.95. The van der Waals surface area contributed by atoms with Crippen LogP contribution in [0.4, 0.5) is 4.39 Å². The first-order chi connectivity index (χ1) is 13.4. The second kappa shape index (κ2) is 8.17. The highest BCUT2D eigenvalue weighted by atomic mass is 19.1. The number of pyridine rings is 1. The Labute approximate surface area is 163 Å². The predicted molar refractivity (Wildman–Crippen MR) is 105 cm³/mol. The number of benzene rings is 1. The molecule has 2 aromatic heterocycles. The van der Waals surface area contributed by atoms with Gasteiger partial charge in [-0.2, -0.15) is 0 Å². The third kappa shape index (κ3) is 4.01. The van der Waals surface area contributed by atoms with Crippen LogP contribution in [0.3, 0.4) is 0 Å². The Morgan fingerprint density at radius 1 is 1.11 bits per heavy atom. The molecule has 0 aliphatic heterocycles. The Morgan fingerprint density at radius 2 is 1.82 bits per heavy atom. The van der Waals surface area contributed by atoms with Crippen molar-refractivity contribution in [2.45, 2.75) is 33.9 Å². The highest BCUT2D eigenvalue weighted by Gasteiger charge is 2.24. The summed E-state index contributed by atoms with van der Waals surface area (Å²) < 4.78 is 15.0. The second-order valence-corrected chi connectivity index (χ2v) is 6.71. The van der Waals surface area contributed by atoms with Crippen LogP contribution in [0.2, 0.25) is 0 Å². The van der Waals surface area contributed by atoms with Crippen molar-refractivity contribution in [1.29, 1.82) is 0 Å². The van der Waals surface area contributed by atoms with Crippen LogP contribution in [0.1, 0.15) is 50.3 Å². The monoisotopic (exact) mass is 379 g/mol. The minimum atomic E-state index is -0.318. The summed E-state index contributed by atoms with van der Waals surface area (Å²) >= 11 is 0. The van der Waals surface area contributed by atoms with Crippen molar-refractivity contribution in [1.82, 2.24) is 14.9 Å². The number of hydrogen-bond acceptors (Lipinski definition) is 3. The van der Waals surface area contributed by atoms with Crippen molar-refractivity contribution in [3.05, 3.63) is 88.3 Å². The fourth-order valence-electron chi connectivity index (χ4n) is 3.43. The third-order valence-corrected chi connectivity index (χ3v) is 4.74. The number of Topliss-reactive ketones (excluding diaryl/α,β-unsaturated/α-hetero) is 1. The van der Waals surface area contributed by atoms with Crippen molar-refractivity contribution >= 4 is 11.7 Å². The van der Waals surface area contributed by atoms with Crippen LogP contribution in [-0.2, 0) is 13.1 Å². The number of amides is 1. The summed E-state index contributed by atoms with van der Waals surface area (Å²) in [5, 5.41) is 2.88. The molecular formula is C22H22FN3O2. The summed E-state index contributed by atoms with van der Waals surface area (Å²) in [6, 6.07) is 11.6. The van der Waals surface area contributed by atoms with Crippen LogP contribution < -0.4 is 5.32 Å². The van der Waals surface area contributed by atoms with E-state index >= 15 is 0 Å². The molecule has 3 aromatic rings. The number of halogens is 1. The first-order valence-corrected chi connectivity index (χ1v) is 9.01. The number of aromatic nitrogens is 2. The molecule has 0 spiro atoms. The first kappa shape index (κ1) is 19.5. The molecule has 0 bridgehead atoms. The minimum Gasteiger partial charge on any atom is -0.345 e. The molecule has 1 aromatic carbocycles. The quantitative estimate of drug-likeness (QED) is 0.662. The molecule has 0 aliphatic rings. The zero-order valence-electron chi connectivity index (χ0n) is 16.1. The van der Waals surface area contributed by atoms with Gasteiger partial charge in [-0.1, -0.05) is 18.2 Å². The Morgan fingerprint density at radius 3 is 2.43 bits per heavy atom. The SMILES string of the molecule is CC(=O)c1c(C)c(C(=O)NCc2ccccn2)n(Cc2ccc(F)cc2)c1C. The van der Waals surface area contributed by atoms with Crippen LogP contribution in [-0.4, -0.2) is 21.2 Å². The number of nitrogens with one attached hydrogen (secondary N) is 1. The average molecular weight is 379 g/mol. The molecule has 0 radical (unpaired) electrons. The number of rotatable bonds is 6. The van der Waals surface area contributed by atoms with Gasteiger partial charge < -0.3 is 9.88 Å². The van der Waals surface area contributed by atoms with Crippen LogP contribution >= 0.6 is 0 Å². The maximum Gasteiger partial charge on any atom is 0.268 e. The lowest BCUT2D eigenvalue weighted by Gasteiger charge is -2.13. The minimum absolute atomic E-state index is 0.0911. The van der Waals surface area contributed by atoms with E-state index in [0.717, 1.165) is 17.0 Å². The highest BCUT2D eigenvalue weighted by molar-refractivity contribution is 6.02. The van der Waals surface area contributed by atoms with Gasteiger partial charge in [0.25, 0.3) is 5.91 Å². The van der Waals surface area contributed by atoms with E-state index in [1.165, 1.54) is 19.1 Å². The Bertz CT molecular complexity index is 1010. The topological polar surface area (TPSA) is 64.0 Å². The van der Waals surface area contributed by atoms with Gasteiger partial charge >= 0.3 is 0 Å². The lowest BCUT2D eigenvalue weighted by Crippen LogP contribution is -2.27. The van der Waals surface area contributed by atoms with Crippen molar-refractivity contribution in [3.63, 3.8) is 0 Å². The molecular weight excluding hydrogens is 357 g/mol. The van der Waals surface area contributed by atoms with E-state index in [1.54, 1.807) is 25.3 Å². The fraction of sp³-hybridized carbons (Fsp3) is 0.227. The van der Waals surface area contributed by atoms with E-state index in [4.69, 9.17) is 0 Å². The van der Waals surface area contributed by atoms with Gasteiger partial charge in [-0.3, -0.25) is 14.6 Å². The zero-order chi connectivity index (χ0) is 20.3. The molecule has 3 rings (SSSR count). The largest absolute Gasteiger partial charge is 0.345 e. The molecule has 28 heavy (non-hydrogen) atoms. The van der Waals surface area contributed by atoms with Crippen LogP contribution in [0, 0.1) is 19.7 Å². The Kier molecular flexibility index (Phi) is 5.68. The maximum absolute atomic E-state index is 13.2. The summed E-state index contributed by atoms with van der Waals surface area (Å²) in [7, 11) is 0. The zero-order valence-corrected chi connectivity index (χ0v) is 16.1. The number of hydrogen-bond donors (Lipinski definition) is 1. The highest BCUT2D eigenvalue weighted by Crippen LogP contribution is 2.24. The molecule has 0 fully saturated rings. The third-order valence-electron chi connectivity index (χ3n) is 4.74. The van der Waals surface area contributed by atoms with E-state index in [0.29, 0.717) is 23.4 Å². The lowest BCUT2D eigenvalue weighted by molar-refractivity contribution is 0.0940. The van der Waals surface area contributed by atoms with Crippen molar-refractivity contribution in [3.8, 4) is 0 Å². The Hall–Kier alpha value is -3.28. The van der Waals surface area contributed by atoms with Gasteiger partial charge in [0, 0.05) is 24.0 Å². The molecule has 2 heterocycles. The number of carbonyl (C=O) groups excluding carboxylic acids is 2. The first-order valence-electron chi connectivity index (χ1n) is 9.01. The van der Waals surface area contributed by atoms with E-state index < -0.39 is 0 Å². The smallest absolute Gasteiger partial charge is 0.268 e. The fourth-order valence-corrected chi connectivity index (χ4v) is 3.43. The second-order valence-electron chi connectivity index (χ2n) is 6.71.